The maximum absolute atomic E-state index is 12.3. The second-order valence-electron chi connectivity index (χ2n) is 4.60. The van der Waals surface area contributed by atoms with E-state index in [4.69, 9.17) is 5.73 Å². The summed E-state index contributed by atoms with van der Waals surface area (Å²) in [4.78, 5) is 11.1. The smallest absolute Gasteiger partial charge is 0.306 e. The molecular weight excluding hydrogens is 292 g/mol. The highest BCUT2D eigenvalue weighted by Gasteiger charge is 2.23. The Morgan fingerprint density at radius 1 is 1.29 bits per heavy atom. The van der Waals surface area contributed by atoms with Gasteiger partial charge in [0.15, 0.2) is 0 Å². The standard InChI is InChI=1S/C14H22N2O4S/c1-20-14(17)8-11-21(18,19)16(10-5-9-15)12-13-6-3-2-4-7-13/h2-4,6-7H,5,8-12,15H2,1H3. The van der Waals surface area contributed by atoms with Crippen molar-refractivity contribution in [3.05, 3.63) is 35.9 Å². The number of rotatable bonds is 9. The molecule has 0 aromatic heterocycles. The number of hydrogen-bond donors (Lipinski definition) is 1. The first-order valence-corrected chi connectivity index (χ1v) is 8.39. The minimum Gasteiger partial charge on any atom is -0.469 e. The van der Waals surface area contributed by atoms with Gasteiger partial charge in [-0.2, -0.15) is 4.31 Å². The van der Waals surface area contributed by atoms with Crippen molar-refractivity contribution in [2.24, 2.45) is 5.73 Å². The molecule has 0 heterocycles. The fourth-order valence-corrected chi connectivity index (χ4v) is 3.25. The summed E-state index contributed by atoms with van der Waals surface area (Å²) in [5.41, 5.74) is 6.36. The summed E-state index contributed by atoms with van der Waals surface area (Å²) in [7, 11) is -2.28. The molecule has 0 aliphatic carbocycles. The van der Waals surface area contributed by atoms with Crippen LogP contribution in [-0.2, 0) is 26.1 Å². The fraction of sp³-hybridized carbons (Fsp3) is 0.500. The van der Waals surface area contributed by atoms with Crippen LogP contribution in [0.5, 0.6) is 0 Å². The van der Waals surface area contributed by atoms with E-state index in [1.54, 1.807) is 0 Å². The lowest BCUT2D eigenvalue weighted by Crippen LogP contribution is -2.35. The van der Waals surface area contributed by atoms with Crippen LogP contribution in [0.15, 0.2) is 30.3 Å². The minimum atomic E-state index is -3.52. The molecule has 0 unspecified atom stereocenters. The zero-order valence-electron chi connectivity index (χ0n) is 12.2. The first-order valence-electron chi connectivity index (χ1n) is 6.78. The number of nitrogens with two attached hydrogens (primary N) is 1. The number of methoxy groups -OCH3 is 1. The van der Waals surface area contributed by atoms with Crippen molar-refractivity contribution in [3.63, 3.8) is 0 Å². The summed E-state index contributed by atoms with van der Waals surface area (Å²) in [6.45, 7) is 1.04. The van der Waals surface area contributed by atoms with Gasteiger partial charge in [0.05, 0.1) is 19.3 Å². The molecule has 0 fully saturated rings. The van der Waals surface area contributed by atoms with Crippen LogP contribution >= 0.6 is 0 Å². The van der Waals surface area contributed by atoms with Gasteiger partial charge in [-0.05, 0) is 18.5 Å². The predicted molar refractivity (Wildman–Crippen MR) is 80.9 cm³/mol. The summed E-state index contributed by atoms with van der Waals surface area (Å²) in [5, 5.41) is 0. The van der Waals surface area contributed by atoms with E-state index < -0.39 is 16.0 Å². The first kappa shape index (κ1) is 17.6. The number of ether oxygens (including phenoxy) is 1. The van der Waals surface area contributed by atoms with Gasteiger partial charge in [0.1, 0.15) is 0 Å². The van der Waals surface area contributed by atoms with Gasteiger partial charge >= 0.3 is 5.97 Å². The molecule has 0 atom stereocenters. The van der Waals surface area contributed by atoms with Crippen molar-refractivity contribution in [1.82, 2.24) is 4.31 Å². The summed E-state index contributed by atoms with van der Waals surface area (Å²) >= 11 is 0. The van der Waals surface area contributed by atoms with Gasteiger partial charge in [0.25, 0.3) is 0 Å². The van der Waals surface area contributed by atoms with Gasteiger partial charge in [-0.25, -0.2) is 8.42 Å². The molecule has 2 N–H and O–H groups in total. The average molecular weight is 314 g/mol. The van der Waals surface area contributed by atoms with Crippen LogP contribution in [0.1, 0.15) is 18.4 Å². The lowest BCUT2D eigenvalue weighted by Gasteiger charge is -2.22. The lowest BCUT2D eigenvalue weighted by molar-refractivity contribution is -0.140. The number of benzene rings is 1. The molecule has 0 saturated heterocycles. The quantitative estimate of drug-likeness (QED) is 0.679. The van der Waals surface area contributed by atoms with Crippen LogP contribution in [0.3, 0.4) is 0 Å². The van der Waals surface area contributed by atoms with E-state index in [0.29, 0.717) is 19.5 Å². The zero-order valence-corrected chi connectivity index (χ0v) is 13.0. The Labute approximate surface area is 125 Å². The highest BCUT2D eigenvalue weighted by Crippen LogP contribution is 2.11. The Kier molecular flexibility index (Phi) is 7.35. The fourth-order valence-electron chi connectivity index (χ4n) is 1.81. The van der Waals surface area contributed by atoms with Gasteiger partial charge in [-0.3, -0.25) is 4.79 Å². The molecule has 0 aliphatic rings. The molecule has 21 heavy (non-hydrogen) atoms. The highest BCUT2D eigenvalue weighted by atomic mass is 32.2. The Morgan fingerprint density at radius 2 is 1.95 bits per heavy atom. The monoisotopic (exact) mass is 314 g/mol. The highest BCUT2D eigenvalue weighted by molar-refractivity contribution is 7.89. The molecule has 6 nitrogen and oxygen atoms in total. The molecule has 7 heteroatoms. The Balaban J connectivity index is 2.77. The van der Waals surface area contributed by atoms with Crippen LogP contribution in [0.4, 0.5) is 0 Å². The third-order valence-corrected chi connectivity index (χ3v) is 4.82. The maximum Gasteiger partial charge on any atom is 0.306 e. The van der Waals surface area contributed by atoms with Crippen molar-refractivity contribution in [2.45, 2.75) is 19.4 Å². The van der Waals surface area contributed by atoms with Gasteiger partial charge in [-0.1, -0.05) is 30.3 Å². The average Bonchev–Trinajstić information content (AvgIpc) is 2.50. The molecule has 1 rings (SSSR count). The van der Waals surface area contributed by atoms with Crippen LogP contribution in [0.2, 0.25) is 0 Å². The number of carbonyl (C=O) groups is 1. The molecule has 0 bridgehead atoms. The van der Waals surface area contributed by atoms with E-state index in [0.717, 1.165) is 5.56 Å². The minimum absolute atomic E-state index is 0.146. The van der Waals surface area contributed by atoms with Gasteiger partial charge in [0, 0.05) is 13.1 Å². The van der Waals surface area contributed by atoms with E-state index in [2.05, 4.69) is 4.74 Å². The van der Waals surface area contributed by atoms with E-state index in [-0.39, 0.29) is 18.7 Å². The summed E-state index contributed by atoms with van der Waals surface area (Å²) in [5.74, 6) is -0.783. The van der Waals surface area contributed by atoms with Crippen LogP contribution in [0, 0.1) is 0 Å². The van der Waals surface area contributed by atoms with Crippen LogP contribution < -0.4 is 5.73 Å². The Morgan fingerprint density at radius 3 is 2.52 bits per heavy atom. The van der Waals surface area contributed by atoms with Crippen molar-refractivity contribution < 1.29 is 17.9 Å². The summed E-state index contributed by atoms with van der Waals surface area (Å²) in [6.07, 6.45) is 0.428. The second-order valence-corrected chi connectivity index (χ2v) is 6.69. The number of nitrogens with zero attached hydrogens (tertiary/aromatic N) is 1. The van der Waals surface area contributed by atoms with Crippen molar-refractivity contribution in [2.75, 3.05) is 26.0 Å². The van der Waals surface area contributed by atoms with Crippen LogP contribution in [-0.4, -0.2) is 44.6 Å². The van der Waals surface area contributed by atoms with Gasteiger partial charge in [0.2, 0.25) is 10.0 Å². The normalized spacial score (nSPS) is 11.6. The Hall–Kier alpha value is -1.44. The maximum atomic E-state index is 12.3. The molecule has 0 amide bonds. The van der Waals surface area contributed by atoms with Gasteiger partial charge < -0.3 is 10.5 Å². The molecule has 1 aromatic carbocycles. The van der Waals surface area contributed by atoms with E-state index in [9.17, 15) is 13.2 Å². The van der Waals surface area contributed by atoms with Crippen molar-refractivity contribution in [3.8, 4) is 0 Å². The third kappa shape index (κ3) is 6.24. The summed E-state index contributed by atoms with van der Waals surface area (Å²) < 4.78 is 30.5. The first-order chi connectivity index (χ1) is 9.99. The lowest BCUT2D eigenvalue weighted by atomic mass is 10.2. The Bertz CT molecular complexity index is 531. The molecule has 0 saturated carbocycles. The number of hydrogen-bond acceptors (Lipinski definition) is 5. The molecule has 0 spiro atoms. The van der Waals surface area contributed by atoms with Crippen LogP contribution in [0.25, 0.3) is 0 Å². The number of sulfonamides is 1. The van der Waals surface area contributed by atoms with Crippen molar-refractivity contribution in [1.29, 1.82) is 0 Å². The van der Waals surface area contributed by atoms with E-state index in [1.807, 2.05) is 30.3 Å². The molecule has 118 valence electrons. The molecule has 0 radical (unpaired) electrons. The zero-order chi connectivity index (χ0) is 15.7. The second kappa shape index (κ2) is 8.76. The third-order valence-electron chi connectivity index (χ3n) is 3.00. The molecule has 0 aliphatic heterocycles. The largest absolute Gasteiger partial charge is 0.469 e. The number of carbonyl (C=O) groups excluding carboxylic acids is 1. The van der Waals surface area contributed by atoms with E-state index in [1.165, 1.54) is 11.4 Å². The topological polar surface area (TPSA) is 89.7 Å². The summed E-state index contributed by atoms with van der Waals surface area (Å²) in [6, 6.07) is 9.32. The van der Waals surface area contributed by atoms with Gasteiger partial charge in [-0.15, -0.1) is 0 Å². The SMILES string of the molecule is COC(=O)CCS(=O)(=O)N(CCCN)Cc1ccccc1. The van der Waals surface area contributed by atoms with Crippen molar-refractivity contribution >= 4 is 16.0 Å². The molecule has 1 aromatic rings. The number of esters is 1. The predicted octanol–water partition coefficient (Wildman–Crippen LogP) is 0.730. The molecular formula is C14H22N2O4S. The van der Waals surface area contributed by atoms with E-state index >= 15 is 0 Å².